The highest BCUT2D eigenvalue weighted by Crippen LogP contribution is 2.14. The van der Waals surface area contributed by atoms with Gasteiger partial charge in [-0.1, -0.05) is 31.9 Å². The van der Waals surface area contributed by atoms with Crippen molar-refractivity contribution >= 4 is 23.5 Å². The lowest BCUT2D eigenvalue weighted by Crippen LogP contribution is -2.36. The van der Waals surface area contributed by atoms with Crippen molar-refractivity contribution in [2.45, 2.75) is 33.1 Å². The second-order valence-electron chi connectivity index (χ2n) is 4.54. The van der Waals surface area contributed by atoms with Gasteiger partial charge in [0.1, 0.15) is 11.7 Å². The van der Waals surface area contributed by atoms with Crippen LogP contribution in [-0.2, 0) is 11.2 Å². The van der Waals surface area contributed by atoms with Crippen LogP contribution in [0.2, 0.25) is 5.15 Å². The van der Waals surface area contributed by atoms with Gasteiger partial charge < -0.3 is 10.0 Å². The Morgan fingerprint density at radius 1 is 1.30 bits per heavy atom. The highest BCUT2D eigenvalue weighted by molar-refractivity contribution is 6.29. The molecule has 0 spiro atoms. The third-order valence-corrected chi connectivity index (χ3v) is 2.90. The van der Waals surface area contributed by atoms with Crippen LogP contribution in [0.15, 0.2) is 12.1 Å². The van der Waals surface area contributed by atoms with E-state index in [1.165, 1.54) is 11.0 Å². The zero-order valence-corrected chi connectivity index (χ0v) is 12.5. The third kappa shape index (κ3) is 4.81. The van der Waals surface area contributed by atoms with Gasteiger partial charge in [-0.05, 0) is 25.0 Å². The molecule has 0 aliphatic rings. The van der Waals surface area contributed by atoms with Crippen molar-refractivity contribution in [2.24, 2.45) is 0 Å². The lowest BCUT2D eigenvalue weighted by molar-refractivity contribution is -0.137. The number of aliphatic carboxylic acids is 1. The molecule has 0 aliphatic heterocycles. The molecular formula is C14H19ClN2O3. The molecule has 110 valence electrons. The van der Waals surface area contributed by atoms with Gasteiger partial charge in [0.05, 0.1) is 0 Å². The van der Waals surface area contributed by atoms with Gasteiger partial charge in [0, 0.05) is 17.8 Å². The van der Waals surface area contributed by atoms with Crippen molar-refractivity contribution in [3.05, 3.63) is 28.5 Å². The molecule has 0 saturated heterocycles. The van der Waals surface area contributed by atoms with E-state index in [2.05, 4.69) is 4.98 Å². The topological polar surface area (TPSA) is 70.5 Å². The first-order valence-corrected chi connectivity index (χ1v) is 7.03. The zero-order valence-electron chi connectivity index (χ0n) is 11.7. The Labute approximate surface area is 123 Å². The lowest BCUT2D eigenvalue weighted by atomic mass is 10.1. The number of carbonyl (C=O) groups is 2. The van der Waals surface area contributed by atoms with Gasteiger partial charge in [0.15, 0.2) is 0 Å². The summed E-state index contributed by atoms with van der Waals surface area (Å²) in [4.78, 5) is 28.6. The SMILES string of the molecule is CCCc1cc(C(=O)N(CCC)CC(=O)O)cc(Cl)n1. The molecule has 0 aliphatic carbocycles. The number of aromatic nitrogens is 1. The molecule has 1 aromatic rings. The number of carboxylic acid groups (broad SMARTS) is 1. The van der Waals surface area contributed by atoms with Crippen LogP contribution in [0, 0.1) is 0 Å². The van der Waals surface area contributed by atoms with Crippen LogP contribution in [0.4, 0.5) is 0 Å². The molecule has 0 aromatic carbocycles. The summed E-state index contributed by atoms with van der Waals surface area (Å²) in [6, 6.07) is 3.16. The van der Waals surface area contributed by atoms with Gasteiger partial charge in [0.2, 0.25) is 0 Å². The predicted molar refractivity (Wildman–Crippen MR) is 77.1 cm³/mol. The fourth-order valence-corrected chi connectivity index (χ4v) is 2.15. The molecule has 20 heavy (non-hydrogen) atoms. The molecule has 1 rings (SSSR count). The molecule has 6 heteroatoms. The van der Waals surface area contributed by atoms with Crippen LogP contribution in [0.5, 0.6) is 0 Å². The highest BCUT2D eigenvalue weighted by Gasteiger charge is 2.19. The van der Waals surface area contributed by atoms with Crippen LogP contribution >= 0.6 is 11.6 Å². The van der Waals surface area contributed by atoms with Gasteiger partial charge in [0.25, 0.3) is 5.91 Å². The molecule has 0 unspecified atom stereocenters. The Kier molecular flexibility index (Phi) is 6.45. The van der Waals surface area contributed by atoms with Crippen LogP contribution in [0.3, 0.4) is 0 Å². The maximum absolute atomic E-state index is 12.4. The molecule has 5 nitrogen and oxygen atoms in total. The fourth-order valence-electron chi connectivity index (χ4n) is 1.93. The van der Waals surface area contributed by atoms with E-state index >= 15 is 0 Å². The Morgan fingerprint density at radius 2 is 2.00 bits per heavy atom. The standard InChI is InChI=1S/C14H19ClN2O3/c1-3-5-11-7-10(8-12(15)16-11)14(20)17(6-4-2)9-13(18)19/h7-8H,3-6,9H2,1-2H3,(H,18,19). The Balaban J connectivity index is 3.00. The number of nitrogens with zero attached hydrogens (tertiary/aromatic N) is 2. The van der Waals surface area contributed by atoms with Gasteiger partial charge in [-0.3, -0.25) is 9.59 Å². The zero-order chi connectivity index (χ0) is 15.1. The predicted octanol–water partition coefficient (Wildman–Crippen LogP) is 2.62. The van der Waals surface area contributed by atoms with E-state index in [0.29, 0.717) is 18.5 Å². The Bertz CT molecular complexity index is 491. The van der Waals surface area contributed by atoms with E-state index in [-0.39, 0.29) is 17.6 Å². The second kappa shape index (κ2) is 7.85. The van der Waals surface area contributed by atoms with Crippen LogP contribution < -0.4 is 0 Å². The van der Waals surface area contributed by atoms with Crippen molar-refractivity contribution < 1.29 is 14.7 Å². The number of carboxylic acids is 1. The summed E-state index contributed by atoms with van der Waals surface area (Å²) < 4.78 is 0. The van der Waals surface area contributed by atoms with Crippen LogP contribution in [0.25, 0.3) is 0 Å². The minimum Gasteiger partial charge on any atom is -0.480 e. The molecule has 1 heterocycles. The molecule has 0 bridgehead atoms. The molecule has 0 radical (unpaired) electrons. The maximum atomic E-state index is 12.4. The van der Waals surface area contributed by atoms with E-state index in [1.54, 1.807) is 6.07 Å². The summed E-state index contributed by atoms with van der Waals surface area (Å²) in [5.74, 6) is -1.35. The summed E-state index contributed by atoms with van der Waals surface area (Å²) in [6.45, 7) is 3.99. The summed E-state index contributed by atoms with van der Waals surface area (Å²) in [7, 11) is 0. The first-order valence-electron chi connectivity index (χ1n) is 6.65. The van der Waals surface area contributed by atoms with Crippen LogP contribution in [-0.4, -0.2) is 40.0 Å². The quantitative estimate of drug-likeness (QED) is 0.786. The van der Waals surface area contributed by atoms with E-state index in [4.69, 9.17) is 16.7 Å². The maximum Gasteiger partial charge on any atom is 0.323 e. The molecular weight excluding hydrogens is 280 g/mol. The number of amides is 1. The average Bonchev–Trinajstić information content (AvgIpc) is 2.36. The molecule has 1 N–H and O–H groups in total. The van der Waals surface area contributed by atoms with Crippen molar-refractivity contribution in [1.82, 2.24) is 9.88 Å². The number of halogens is 1. The summed E-state index contributed by atoms with van der Waals surface area (Å²) >= 11 is 5.92. The number of aryl methyl sites for hydroxylation is 1. The van der Waals surface area contributed by atoms with Crippen molar-refractivity contribution in [3.63, 3.8) is 0 Å². The number of hydrogen-bond acceptors (Lipinski definition) is 3. The monoisotopic (exact) mass is 298 g/mol. The lowest BCUT2D eigenvalue weighted by Gasteiger charge is -2.20. The average molecular weight is 299 g/mol. The molecule has 1 aromatic heterocycles. The van der Waals surface area contributed by atoms with Gasteiger partial charge in [-0.2, -0.15) is 0 Å². The van der Waals surface area contributed by atoms with E-state index in [1.807, 2.05) is 13.8 Å². The molecule has 1 amide bonds. The smallest absolute Gasteiger partial charge is 0.323 e. The van der Waals surface area contributed by atoms with Crippen molar-refractivity contribution in [1.29, 1.82) is 0 Å². The van der Waals surface area contributed by atoms with Gasteiger partial charge >= 0.3 is 5.97 Å². The summed E-state index contributed by atoms with van der Waals surface area (Å²) in [5.41, 5.74) is 1.14. The minimum absolute atomic E-state index is 0.256. The van der Waals surface area contributed by atoms with E-state index in [0.717, 1.165) is 18.5 Å². The molecule has 0 saturated carbocycles. The highest BCUT2D eigenvalue weighted by atomic mass is 35.5. The normalized spacial score (nSPS) is 10.3. The first kappa shape index (κ1) is 16.4. The van der Waals surface area contributed by atoms with Crippen LogP contribution in [0.1, 0.15) is 42.7 Å². The molecule has 0 fully saturated rings. The number of carbonyl (C=O) groups excluding carboxylic acids is 1. The summed E-state index contributed by atoms with van der Waals surface area (Å²) in [5, 5.41) is 9.12. The Hall–Kier alpha value is -1.62. The van der Waals surface area contributed by atoms with E-state index < -0.39 is 5.97 Å². The third-order valence-electron chi connectivity index (χ3n) is 2.71. The fraction of sp³-hybridized carbons (Fsp3) is 0.500. The van der Waals surface area contributed by atoms with Gasteiger partial charge in [-0.25, -0.2) is 4.98 Å². The van der Waals surface area contributed by atoms with Crippen molar-refractivity contribution in [3.8, 4) is 0 Å². The van der Waals surface area contributed by atoms with Crippen molar-refractivity contribution in [2.75, 3.05) is 13.1 Å². The van der Waals surface area contributed by atoms with E-state index in [9.17, 15) is 9.59 Å². The second-order valence-corrected chi connectivity index (χ2v) is 4.93. The Morgan fingerprint density at radius 3 is 2.55 bits per heavy atom. The number of rotatable bonds is 7. The summed E-state index contributed by atoms with van der Waals surface area (Å²) in [6.07, 6.45) is 2.32. The minimum atomic E-state index is -1.03. The number of pyridine rings is 1. The first-order chi connectivity index (χ1) is 9.47. The largest absolute Gasteiger partial charge is 0.480 e. The number of hydrogen-bond donors (Lipinski definition) is 1. The molecule has 0 atom stereocenters. The van der Waals surface area contributed by atoms with Gasteiger partial charge in [-0.15, -0.1) is 0 Å².